The number of rotatable bonds is 1. The first-order chi connectivity index (χ1) is 5.72. The van der Waals surface area contributed by atoms with Crippen LogP contribution in [-0.2, 0) is 9.59 Å². The van der Waals surface area contributed by atoms with Gasteiger partial charge in [-0.3, -0.25) is 0 Å². The van der Waals surface area contributed by atoms with Crippen molar-refractivity contribution in [3.8, 4) is 0 Å². The van der Waals surface area contributed by atoms with Crippen molar-refractivity contribution in [2.24, 2.45) is 0 Å². The highest BCUT2D eigenvalue weighted by atomic mass is 16.2. The Hall–Kier alpha value is -1.60. The molecule has 0 heterocycles. The molecule has 12 heavy (non-hydrogen) atoms. The molecule has 0 aliphatic rings. The van der Waals surface area contributed by atoms with E-state index in [1.54, 1.807) is 0 Å². The third-order valence-electron chi connectivity index (χ3n) is 1.27. The molecule has 0 aromatic heterocycles. The molecule has 0 atom stereocenters. The molecule has 0 N–H and O–H groups in total. The summed E-state index contributed by atoms with van der Waals surface area (Å²) in [5.41, 5.74) is 1.25. The highest BCUT2D eigenvalue weighted by Gasteiger charge is 1.87. The standard InChI is InChI=1S/C8H11N.CO2/c1-9(2)8-6-4-3-5-7-8;2-1-3/h3-7H,1-2H3;. The van der Waals surface area contributed by atoms with Crippen LogP contribution in [0, 0.1) is 0 Å². The van der Waals surface area contributed by atoms with Gasteiger partial charge in [-0.1, -0.05) is 18.2 Å². The second-order valence-corrected chi connectivity index (χ2v) is 2.31. The molecular formula is C9H11NO2. The van der Waals surface area contributed by atoms with Gasteiger partial charge >= 0.3 is 6.15 Å². The molecule has 1 aromatic carbocycles. The zero-order valence-corrected chi connectivity index (χ0v) is 7.15. The zero-order valence-electron chi connectivity index (χ0n) is 7.15. The Balaban J connectivity index is 0.000000354. The smallest absolute Gasteiger partial charge is 0.373 e. The molecule has 3 heteroatoms. The molecule has 0 saturated carbocycles. The number of nitrogens with zero attached hydrogens (tertiary/aromatic N) is 1. The molecule has 0 amide bonds. The SMILES string of the molecule is CN(C)c1ccccc1.O=C=O. The lowest BCUT2D eigenvalue weighted by Gasteiger charge is -2.10. The Morgan fingerprint density at radius 1 is 1.08 bits per heavy atom. The van der Waals surface area contributed by atoms with Crippen LogP contribution in [0.25, 0.3) is 0 Å². The average Bonchev–Trinajstić information content (AvgIpc) is 2.07. The molecule has 64 valence electrons. The topological polar surface area (TPSA) is 37.4 Å². The van der Waals surface area contributed by atoms with Gasteiger partial charge in [0.15, 0.2) is 0 Å². The monoisotopic (exact) mass is 165 g/mol. The van der Waals surface area contributed by atoms with Crippen molar-refractivity contribution in [1.29, 1.82) is 0 Å². The number of para-hydroxylation sites is 1. The lowest BCUT2D eigenvalue weighted by molar-refractivity contribution is -0.191. The molecule has 1 rings (SSSR count). The maximum absolute atomic E-state index is 8.12. The summed E-state index contributed by atoms with van der Waals surface area (Å²) < 4.78 is 0. The van der Waals surface area contributed by atoms with E-state index in [4.69, 9.17) is 9.59 Å². The van der Waals surface area contributed by atoms with Crippen molar-refractivity contribution >= 4 is 11.8 Å². The first-order valence-corrected chi connectivity index (χ1v) is 3.44. The van der Waals surface area contributed by atoms with Crippen LogP contribution in [0.15, 0.2) is 30.3 Å². The number of benzene rings is 1. The van der Waals surface area contributed by atoms with Crippen molar-refractivity contribution in [3.63, 3.8) is 0 Å². The van der Waals surface area contributed by atoms with Crippen LogP contribution in [0.3, 0.4) is 0 Å². The summed E-state index contributed by atoms with van der Waals surface area (Å²) >= 11 is 0. The minimum atomic E-state index is 0.250. The molecule has 0 spiro atoms. The van der Waals surface area contributed by atoms with Crippen molar-refractivity contribution < 1.29 is 9.59 Å². The highest BCUT2D eigenvalue weighted by Crippen LogP contribution is 2.07. The third kappa shape index (κ3) is 4.25. The van der Waals surface area contributed by atoms with Crippen LogP contribution in [-0.4, -0.2) is 20.2 Å². The number of hydrogen-bond acceptors (Lipinski definition) is 3. The third-order valence-corrected chi connectivity index (χ3v) is 1.27. The van der Waals surface area contributed by atoms with E-state index in [-0.39, 0.29) is 6.15 Å². The molecule has 0 unspecified atom stereocenters. The second kappa shape index (κ2) is 6.13. The van der Waals surface area contributed by atoms with Crippen LogP contribution in [0.4, 0.5) is 5.69 Å². The van der Waals surface area contributed by atoms with Gasteiger partial charge in [-0.15, -0.1) is 0 Å². The summed E-state index contributed by atoms with van der Waals surface area (Å²) in [7, 11) is 4.07. The van der Waals surface area contributed by atoms with E-state index in [0.29, 0.717) is 0 Å². The number of carbonyl (C=O) groups excluding carboxylic acids is 2. The van der Waals surface area contributed by atoms with E-state index in [2.05, 4.69) is 17.0 Å². The number of anilines is 1. The molecule has 0 aliphatic heterocycles. The van der Waals surface area contributed by atoms with E-state index in [0.717, 1.165) is 0 Å². The fourth-order valence-corrected chi connectivity index (χ4v) is 0.726. The lowest BCUT2D eigenvalue weighted by atomic mass is 10.3. The van der Waals surface area contributed by atoms with Gasteiger partial charge in [0.1, 0.15) is 0 Å². The number of hydrogen-bond donors (Lipinski definition) is 0. The highest BCUT2D eigenvalue weighted by molar-refractivity contribution is 5.43. The summed E-state index contributed by atoms with van der Waals surface area (Å²) in [5.74, 6) is 0. The van der Waals surface area contributed by atoms with Crippen LogP contribution >= 0.6 is 0 Å². The van der Waals surface area contributed by atoms with Gasteiger partial charge in [0.2, 0.25) is 0 Å². The molecule has 0 bridgehead atoms. The van der Waals surface area contributed by atoms with Gasteiger partial charge in [0.05, 0.1) is 0 Å². The van der Waals surface area contributed by atoms with E-state index >= 15 is 0 Å². The minimum absolute atomic E-state index is 0.250. The zero-order chi connectivity index (χ0) is 9.40. The van der Waals surface area contributed by atoms with Crippen molar-refractivity contribution in [3.05, 3.63) is 30.3 Å². The largest absolute Gasteiger partial charge is 0.378 e. The first-order valence-electron chi connectivity index (χ1n) is 3.44. The van der Waals surface area contributed by atoms with Crippen LogP contribution in [0.5, 0.6) is 0 Å². The van der Waals surface area contributed by atoms with E-state index in [9.17, 15) is 0 Å². The summed E-state index contributed by atoms with van der Waals surface area (Å²) in [6.45, 7) is 0. The molecule has 0 saturated heterocycles. The van der Waals surface area contributed by atoms with Crippen LogP contribution in [0.1, 0.15) is 0 Å². The van der Waals surface area contributed by atoms with Gasteiger partial charge in [-0.05, 0) is 12.1 Å². The van der Waals surface area contributed by atoms with E-state index < -0.39 is 0 Å². The molecule has 1 aromatic rings. The molecule has 3 nitrogen and oxygen atoms in total. The normalized spacial score (nSPS) is 7.50. The maximum Gasteiger partial charge on any atom is 0.373 e. The van der Waals surface area contributed by atoms with Gasteiger partial charge < -0.3 is 4.90 Å². The summed E-state index contributed by atoms with van der Waals surface area (Å²) in [4.78, 5) is 18.3. The minimum Gasteiger partial charge on any atom is -0.378 e. The Bertz CT molecular complexity index is 238. The predicted molar refractivity (Wildman–Crippen MR) is 45.8 cm³/mol. The average molecular weight is 165 g/mol. The van der Waals surface area contributed by atoms with E-state index in [1.165, 1.54) is 5.69 Å². The van der Waals surface area contributed by atoms with Crippen molar-refractivity contribution in [1.82, 2.24) is 0 Å². The fourth-order valence-electron chi connectivity index (χ4n) is 0.726. The first kappa shape index (κ1) is 10.4. The summed E-state index contributed by atoms with van der Waals surface area (Å²) in [5, 5.41) is 0. The lowest BCUT2D eigenvalue weighted by Crippen LogP contribution is -2.07. The van der Waals surface area contributed by atoms with Crippen LogP contribution in [0.2, 0.25) is 0 Å². The van der Waals surface area contributed by atoms with Gasteiger partial charge in [-0.25, -0.2) is 0 Å². The quantitative estimate of drug-likeness (QED) is 0.626. The van der Waals surface area contributed by atoms with Crippen molar-refractivity contribution in [2.75, 3.05) is 19.0 Å². The van der Waals surface area contributed by atoms with Gasteiger partial charge in [0, 0.05) is 19.8 Å². The summed E-state index contributed by atoms with van der Waals surface area (Å²) in [6.07, 6.45) is 0.250. The molecular weight excluding hydrogens is 154 g/mol. The Morgan fingerprint density at radius 2 is 1.50 bits per heavy atom. The fraction of sp³-hybridized carbons (Fsp3) is 0.222. The molecule has 0 aliphatic carbocycles. The van der Waals surface area contributed by atoms with Gasteiger partial charge in [0.25, 0.3) is 0 Å². The predicted octanol–water partition coefficient (Wildman–Crippen LogP) is 1.17. The Morgan fingerprint density at radius 3 is 1.75 bits per heavy atom. The Labute approximate surface area is 71.6 Å². The van der Waals surface area contributed by atoms with Crippen LogP contribution < -0.4 is 4.90 Å². The molecule has 0 fully saturated rings. The Kier molecular flexibility index (Phi) is 5.31. The van der Waals surface area contributed by atoms with Gasteiger partial charge in [-0.2, -0.15) is 9.59 Å². The maximum atomic E-state index is 8.12. The second-order valence-electron chi connectivity index (χ2n) is 2.31. The molecule has 0 radical (unpaired) electrons. The van der Waals surface area contributed by atoms with E-state index in [1.807, 2.05) is 32.3 Å². The summed E-state index contributed by atoms with van der Waals surface area (Å²) in [6, 6.07) is 10.3. The van der Waals surface area contributed by atoms with Crippen molar-refractivity contribution in [2.45, 2.75) is 0 Å².